The zero-order chi connectivity index (χ0) is 21.1. The van der Waals surface area contributed by atoms with Gasteiger partial charge in [-0.05, 0) is 71.7 Å². The summed E-state index contributed by atoms with van der Waals surface area (Å²) in [6.07, 6.45) is 3.78. The van der Waals surface area contributed by atoms with Gasteiger partial charge in [0.2, 0.25) is 0 Å². The van der Waals surface area contributed by atoms with Gasteiger partial charge in [-0.3, -0.25) is 0 Å². The number of hydrogen-bond acceptors (Lipinski definition) is 1. The maximum Gasteiger partial charge on any atom is -0.000545 e. The van der Waals surface area contributed by atoms with Crippen LogP contribution in [0.25, 0.3) is 0 Å². The summed E-state index contributed by atoms with van der Waals surface area (Å²) in [5.41, 5.74) is 11.9. The second-order valence-corrected chi connectivity index (χ2v) is 7.62. The van der Waals surface area contributed by atoms with Crippen molar-refractivity contribution >= 4 is 0 Å². The van der Waals surface area contributed by atoms with Gasteiger partial charge in [0.1, 0.15) is 0 Å². The van der Waals surface area contributed by atoms with Gasteiger partial charge in [0, 0.05) is 0 Å². The molecule has 0 saturated carbocycles. The first-order valence-corrected chi connectivity index (χ1v) is 11.5. The minimum atomic E-state index is 0.598. The van der Waals surface area contributed by atoms with E-state index < -0.39 is 0 Å². The molecule has 0 bridgehead atoms. The average molecular weight is 382 g/mol. The molecule has 4 unspecified atom stereocenters. The van der Waals surface area contributed by atoms with Gasteiger partial charge in [-0.2, -0.15) is 0 Å². The van der Waals surface area contributed by atoms with E-state index in [9.17, 15) is 0 Å². The average Bonchev–Trinajstić information content (AvgIpc) is 3.25. The van der Waals surface area contributed by atoms with Crippen molar-refractivity contribution in [1.29, 1.82) is 0 Å². The van der Waals surface area contributed by atoms with Crippen LogP contribution < -0.4 is 5.73 Å². The molecule has 1 heteroatoms. The summed E-state index contributed by atoms with van der Waals surface area (Å²) >= 11 is 0. The lowest BCUT2D eigenvalue weighted by atomic mass is 9.92. The summed E-state index contributed by atoms with van der Waals surface area (Å²) in [5, 5.41) is 0. The molecule has 4 rings (SSSR count). The third-order valence-corrected chi connectivity index (χ3v) is 6.06. The van der Waals surface area contributed by atoms with Gasteiger partial charge in [-0.15, -0.1) is 0 Å². The van der Waals surface area contributed by atoms with Crippen LogP contribution in [-0.4, -0.2) is 6.54 Å². The molecule has 0 radical (unpaired) electrons. The van der Waals surface area contributed by atoms with Crippen LogP contribution in [0.5, 0.6) is 0 Å². The molecule has 0 heterocycles. The molecular weight excluding hydrogens is 338 g/mol. The van der Waals surface area contributed by atoms with Crippen molar-refractivity contribution < 1.29 is 0 Å². The van der Waals surface area contributed by atoms with Gasteiger partial charge in [0.15, 0.2) is 0 Å². The molecule has 0 aliphatic heterocycles. The highest BCUT2D eigenvalue weighted by molar-refractivity contribution is 5.36. The molecule has 2 aliphatic carbocycles. The Morgan fingerprint density at radius 2 is 1.11 bits per heavy atom. The standard InChI is InChI=1S/C12H16.C11H15N.2C2H6/c1-3-11-9(2)8-10-6-4-5-7-12(10)11;1-8-6-9-4-2-3-5-10(9)11(8)7-12;2*1-2/h4-7,9,11H,3,8H2,1-2H3;2-5,8,11H,6-7,12H2,1H3;2*1-2H3. The molecule has 156 valence electrons. The molecule has 0 amide bonds. The summed E-state index contributed by atoms with van der Waals surface area (Å²) in [6, 6.07) is 17.6. The predicted octanol–water partition coefficient (Wildman–Crippen LogP) is 7.35. The summed E-state index contributed by atoms with van der Waals surface area (Å²) in [5.74, 6) is 3.00. The fourth-order valence-corrected chi connectivity index (χ4v) is 4.74. The van der Waals surface area contributed by atoms with E-state index in [1.807, 2.05) is 27.7 Å². The Bertz CT molecular complexity index is 616. The highest BCUT2D eigenvalue weighted by Crippen LogP contribution is 2.39. The van der Waals surface area contributed by atoms with E-state index >= 15 is 0 Å². The smallest absolute Gasteiger partial charge is 0.000545 e. The van der Waals surface area contributed by atoms with Crippen LogP contribution in [-0.2, 0) is 12.8 Å². The third-order valence-electron chi connectivity index (χ3n) is 6.06. The zero-order valence-electron chi connectivity index (χ0n) is 19.3. The van der Waals surface area contributed by atoms with Gasteiger partial charge >= 0.3 is 0 Å². The molecule has 4 atom stereocenters. The Balaban J connectivity index is 0.000000238. The fraction of sp³-hybridized carbons (Fsp3) is 0.556. The lowest BCUT2D eigenvalue weighted by molar-refractivity contribution is 0.486. The molecular formula is C27H43N. The second-order valence-electron chi connectivity index (χ2n) is 7.62. The summed E-state index contributed by atoms with van der Waals surface area (Å²) in [6.45, 7) is 15.7. The van der Waals surface area contributed by atoms with Gasteiger partial charge < -0.3 is 5.73 Å². The number of hydrogen-bond donors (Lipinski definition) is 1. The Morgan fingerprint density at radius 3 is 1.54 bits per heavy atom. The predicted molar refractivity (Wildman–Crippen MR) is 126 cm³/mol. The number of rotatable bonds is 2. The molecule has 0 aromatic heterocycles. The quantitative estimate of drug-likeness (QED) is 0.578. The molecule has 2 N–H and O–H groups in total. The van der Waals surface area contributed by atoms with Crippen molar-refractivity contribution in [3.05, 3.63) is 70.8 Å². The minimum Gasteiger partial charge on any atom is -0.330 e. The normalized spacial score (nSPS) is 23.7. The van der Waals surface area contributed by atoms with Crippen LogP contribution in [0.3, 0.4) is 0 Å². The SMILES string of the molecule is CC.CC.CC1Cc2ccccc2C1CN.CCC1c2ccccc2CC1C. The van der Waals surface area contributed by atoms with Crippen LogP contribution in [0.1, 0.15) is 89.0 Å². The first-order valence-electron chi connectivity index (χ1n) is 11.5. The van der Waals surface area contributed by atoms with Crippen molar-refractivity contribution in [3.8, 4) is 0 Å². The van der Waals surface area contributed by atoms with Crippen molar-refractivity contribution in [2.45, 2.75) is 79.6 Å². The molecule has 2 aliphatic rings. The molecule has 0 saturated heterocycles. The number of benzene rings is 2. The van der Waals surface area contributed by atoms with E-state index in [2.05, 4.69) is 69.3 Å². The highest BCUT2D eigenvalue weighted by atomic mass is 14.6. The van der Waals surface area contributed by atoms with Crippen molar-refractivity contribution in [2.75, 3.05) is 6.54 Å². The van der Waals surface area contributed by atoms with E-state index in [0.717, 1.165) is 24.3 Å². The van der Waals surface area contributed by atoms with Gasteiger partial charge in [-0.25, -0.2) is 0 Å². The molecule has 1 nitrogen and oxygen atoms in total. The summed E-state index contributed by atoms with van der Waals surface area (Å²) in [7, 11) is 0. The van der Waals surface area contributed by atoms with Crippen molar-refractivity contribution in [3.63, 3.8) is 0 Å². The van der Waals surface area contributed by atoms with Crippen LogP contribution in [0.2, 0.25) is 0 Å². The van der Waals surface area contributed by atoms with E-state index in [1.54, 1.807) is 11.1 Å². The molecule has 2 aromatic rings. The Labute approximate surface area is 174 Å². The molecule has 2 aromatic carbocycles. The molecule has 0 fully saturated rings. The topological polar surface area (TPSA) is 26.0 Å². The first kappa shape index (κ1) is 24.4. The van der Waals surface area contributed by atoms with Crippen molar-refractivity contribution in [1.82, 2.24) is 0 Å². The lowest BCUT2D eigenvalue weighted by Crippen LogP contribution is -2.15. The largest absolute Gasteiger partial charge is 0.330 e. The number of nitrogens with two attached hydrogens (primary N) is 1. The Hall–Kier alpha value is -1.60. The maximum atomic E-state index is 5.74. The Kier molecular flexibility index (Phi) is 11.2. The van der Waals surface area contributed by atoms with E-state index in [0.29, 0.717) is 5.92 Å². The zero-order valence-corrected chi connectivity index (χ0v) is 19.3. The van der Waals surface area contributed by atoms with Crippen LogP contribution >= 0.6 is 0 Å². The maximum absolute atomic E-state index is 5.74. The summed E-state index contributed by atoms with van der Waals surface area (Å²) < 4.78 is 0. The molecule has 0 spiro atoms. The fourth-order valence-electron chi connectivity index (χ4n) is 4.74. The van der Waals surface area contributed by atoms with E-state index in [-0.39, 0.29) is 0 Å². The van der Waals surface area contributed by atoms with Gasteiger partial charge in [0.05, 0.1) is 0 Å². The number of fused-ring (bicyclic) bond motifs is 2. The third kappa shape index (κ3) is 5.70. The lowest BCUT2D eigenvalue weighted by Gasteiger charge is -2.13. The first-order chi connectivity index (χ1) is 13.7. The van der Waals surface area contributed by atoms with Crippen LogP contribution in [0, 0.1) is 11.8 Å². The van der Waals surface area contributed by atoms with E-state index in [4.69, 9.17) is 5.73 Å². The summed E-state index contributed by atoms with van der Waals surface area (Å²) in [4.78, 5) is 0. The van der Waals surface area contributed by atoms with Crippen LogP contribution in [0.15, 0.2) is 48.5 Å². The van der Waals surface area contributed by atoms with Gasteiger partial charge in [0.25, 0.3) is 0 Å². The van der Waals surface area contributed by atoms with Crippen molar-refractivity contribution in [2.24, 2.45) is 17.6 Å². The monoisotopic (exact) mass is 381 g/mol. The van der Waals surface area contributed by atoms with Gasteiger partial charge in [-0.1, -0.05) is 97.0 Å². The van der Waals surface area contributed by atoms with E-state index in [1.165, 1.54) is 30.4 Å². The molecule has 28 heavy (non-hydrogen) atoms. The highest BCUT2D eigenvalue weighted by Gasteiger charge is 2.27. The Morgan fingerprint density at radius 1 is 0.714 bits per heavy atom. The minimum absolute atomic E-state index is 0.598. The second kappa shape index (κ2) is 12.8. The van der Waals surface area contributed by atoms with Crippen LogP contribution in [0.4, 0.5) is 0 Å².